The number of carbonyl (C=O) groups excluding carboxylic acids is 2. The molecule has 2 aliphatic rings. The number of aromatic amines is 1. The van der Waals surface area contributed by atoms with Crippen molar-refractivity contribution in [2.75, 3.05) is 27.2 Å². The van der Waals surface area contributed by atoms with Crippen molar-refractivity contribution >= 4 is 38.8 Å². The number of likely N-dealkylation sites (N-methyl/N-ethyl adjacent to an activating group) is 1. The van der Waals surface area contributed by atoms with Crippen molar-refractivity contribution < 1.29 is 14.7 Å². The van der Waals surface area contributed by atoms with Crippen LogP contribution < -0.4 is 0 Å². The van der Waals surface area contributed by atoms with Crippen molar-refractivity contribution in [3.05, 3.63) is 63.8 Å². The molecule has 8 heteroatoms. The Morgan fingerprint density at radius 2 is 2.00 bits per heavy atom. The molecule has 3 aromatic rings. The molecule has 2 N–H and O–H groups in total. The van der Waals surface area contributed by atoms with Crippen molar-refractivity contribution in [3.8, 4) is 5.75 Å². The average molecular weight is 511 g/mol. The number of nitrogens with one attached hydrogen (secondary N) is 1. The first-order chi connectivity index (χ1) is 15.8. The first-order valence-electron chi connectivity index (χ1n) is 11.2. The number of rotatable bonds is 5. The molecule has 2 aromatic carbocycles. The number of amides is 3. The highest BCUT2D eigenvalue weighted by molar-refractivity contribution is 9.10. The largest absolute Gasteiger partial charge is 0.508 e. The fourth-order valence-electron chi connectivity index (χ4n) is 5.31. The zero-order valence-corrected chi connectivity index (χ0v) is 20.5. The Balaban J connectivity index is 1.75. The molecule has 1 fully saturated rings. The van der Waals surface area contributed by atoms with Gasteiger partial charge in [-0.1, -0.05) is 35.0 Å². The summed E-state index contributed by atoms with van der Waals surface area (Å²) in [6, 6.07) is 12.2. The van der Waals surface area contributed by atoms with Crippen LogP contribution in [0.1, 0.15) is 36.2 Å². The number of hydrogen-bond acceptors (Lipinski definition) is 4. The lowest BCUT2D eigenvalue weighted by molar-refractivity contribution is -0.134. The van der Waals surface area contributed by atoms with E-state index in [4.69, 9.17) is 0 Å². The maximum atomic E-state index is 13.9. The highest BCUT2D eigenvalue weighted by Crippen LogP contribution is 2.50. The van der Waals surface area contributed by atoms with E-state index < -0.39 is 11.6 Å². The number of urea groups is 1. The molecule has 1 aromatic heterocycles. The standard InChI is InChI=1S/C25H27BrN4O3/c1-4-25-14-19-18-13-16(26)8-9-20(18)27-21(19)22(15-6-5-7-17(31)12-15)30(25)24(33)29(23(25)32)11-10-28(2)3/h5-9,12-13,22,27,31H,4,10-11,14H2,1-3H3. The first-order valence-corrected chi connectivity index (χ1v) is 11.9. The number of imide groups is 1. The van der Waals surface area contributed by atoms with Gasteiger partial charge in [0, 0.05) is 40.6 Å². The Kier molecular flexibility index (Phi) is 5.25. The Bertz CT molecular complexity index is 1270. The van der Waals surface area contributed by atoms with E-state index in [0.29, 0.717) is 25.9 Å². The monoisotopic (exact) mass is 510 g/mol. The number of phenolic OH excluding ortho intramolecular Hbond substituents is 1. The van der Waals surface area contributed by atoms with E-state index in [9.17, 15) is 14.7 Å². The van der Waals surface area contributed by atoms with Gasteiger partial charge in [0.25, 0.3) is 5.91 Å². The summed E-state index contributed by atoms with van der Waals surface area (Å²) in [5.41, 5.74) is 2.71. The molecule has 7 nitrogen and oxygen atoms in total. The maximum Gasteiger partial charge on any atom is 0.328 e. The van der Waals surface area contributed by atoms with Crippen molar-refractivity contribution in [2.45, 2.75) is 31.3 Å². The van der Waals surface area contributed by atoms with Crippen LogP contribution in [-0.4, -0.2) is 69.5 Å². The smallest absolute Gasteiger partial charge is 0.328 e. The van der Waals surface area contributed by atoms with E-state index in [2.05, 4.69) is 27.0 Å². The van der Waals surface area contributed by atoms with Gasteiger partial charge in [-0.25, -0.2) is 4.79 Å². The number of aromatic hydroxyl groups is 1. The second-order valence-electron chi connectivity index (χ2n) is 9.18. The van der Waals surface area contributed by atoms with Crippen LogP contribution in [0, 0.1) is 0 Å². The van der Waals surface area contributed by atoms with Gasteiger partial charge in [-0.15, -0.1) is 0 Å². The van der Waals surface area contributed by atoms with Crippen molar-refractivity contribution in [3.63, 3.8) is 0 Å². The van der Waals surface area contributed by atoms with Gasteiger partial charge in [-0.2, -0.15) is 0 Å². The molecule has 3 amide bonds. The summed E-state index contributed by atoms with van der Waals surface area (Å²) in [6.45, 7) is 2.92. The predicted molar refractivity (Wildman–Crippen MR) is 130 cm³/mol. The molecule has 2 atom stereocenters. The highest BCUT2D eigenvalue weighted by Gasteiger charge is 2.61. The summed E-state index contributed by atoms with van der Waals surface area (Å²) in [5, 5.41) is 11.3. The SMILES string of the molecule is CCC12Cc3c([nH]c4ccc(Br)cc34)C(c3cccc(O)c3)N1C(=O)N(CCN(C)C)C2=O. The number of halogens is 1. The maximum absolute atomic E-state index is 13.9. The molecule has 0 aliphatic carbocycles. The summed E-state index contributed by atoms with van der Waals surface area (Å²) in [4.78, 5) is 36.3. The van der Waals surface area contributed by atoms with Crippen LogP contribution in [0.15, 0.2) is 46.9 Å². The van der Waals surface area contributed by atoms with Crippen LogP contribution in [0.4, 0.5) is 4.79 Å². The van der Waals surface area contributed by atoms with Crippen molar-refractivity contribution in [1.82, 2.24) is 19.7 Å². The lowest BCUT2D eigenvalue weighted by Gasteiger charge is -2.44. The summed E-state index contributed by atoms with van der Waals surface area (Å²) < 4.78 is 0.958. The number of aromatic nitrogens is 1. The molecule has 0 spiro atoms. The summed E-state index contributed by atoms with van der Waals surface area (Å²) in [7, 11) is 3.86. The van der Waals surface area contributed by atoms with Crippen molar-refractivity contribution in [1.29, 1.82) is 0 Å². The molecule has 2 unspecified atom stereocenters. The Morgan fingerprint density at radius 3 is 2.70 bits per heavy atom. The van der Waals surface area contributed by atoms with Gasteiger partial charge in [0.1, 0.15) is 17.3 Å². The molecule has 0 radical (unpaired) electrons. The molecule has 2 aliphatic heterocycles. The lowest BCUT2D eigenvalue weighted by atomic mass is 9.78. The highest BCUT2D eigenvalue weighted by atomic mass is 79.9. The number of hydrogen-bond donors (Lipinski definition) is 2. The average Bonchev–Trinajstić information content (AvgIpc) is 3.23. The fraction of sp³-hybridized carbons (Fsp3) is 0.360. The summed E-state index contributed by atoms with van der Waals surface area (Å²) >= 11 is 3.58. The number of nitrogens with zero attached hydrogens (tertiary/aromatic N) is 3. The third-order valence-corrected chi connectivity index (χ3v) is 7.48. The van der Waals surface area contributed by atoms with Gasteiger partial charge in [0.05, 0.1) is 0 Å². The molecule has 1 saturated heterocycles. The Labute approximate surface area is 201 Å². The normalized spacial score (nSPS) is 22.4. The van der Waals surface area contributed by atoms with E-state index in [-0.39, 0.29) is 17.7 Å². The quantitative estimate of drug-likeness (QED) is 0.502. The van der Waals surface area contributed by atoms with Gasteiger partial charge in [-0.05, 0) is 62.0 Å². The number of H-pyrrole nitrogens is 1. The molecular formula is C25H27BrN4O3. The number of fused-ring (bicyclic) bond motifs is 4. The van der Waals surface area contributed by atoms with E-state index >= 15 is 0 Å². The van der Waals surface area contributed by atoms with E-state index in [0.717, 1.165) is 32.2 Å². The second-order valence-corrected chi connectivity index (χ2v) is 10.1. The van der Waals surface area contributed by atoms with Crippen LogP contribution in [-0.2, 0) is 11.2 Å². The number of phenols is 1. The Hall–Kier alpha value is -2.84. The zero-order chi connectivity index (χ0) is 23.5. The second kappa shape index (κ2) is 7.88. The predicted octanol–water partition coefficient (Wildman–Crippen LogP) is 4.26. The number of benzene rings is 2. The third-order valence-electron chi connectivity index (χ3n) is 6.99. The van der Waals surface area contributed by atoms with Crippen LogP contribution in [0.25, 0.3) is 10.9 Å². The minimum atomic E-state index is -0.968. The van der Waals surface area contributed by atoms with Crippen LogP contribution in [0.5, 0.6) is 5.75 Å². The lowest BCUT2D eigenvalue weighted by Crippen LogP contribution is -2.55. The van der Waals surface area contributed by atoms with Crippen LogP contribution in [0.3, 0.4) is 0 Å². The summed E-state index contributed by atoms with van der Waals surface area (Å²) in [6.07, 6.45) is 0.957. The van der Waals surface area contributed by atoms with E-state index in [1.807, 2.05) is 44.1 Å². The van der Waals surface area contributed by atoms with Gasteiger partial charge in [0.2, 0.25) is 0 Å². The first kappa shape index (κ1) is 22.0. The summed E-state index contributed by atoms with van der Waals surface area (Å²) in [5.74, 6) is -0.0139. The molecular weight excluding hydrogens is 484 g/mol. The topological polar surface area (TPSA) is 79.9 Å². The van der Waals surface area contributed by atoms with Crippen molar-refractivity contribution in [2.24, 2.45) is 0 Å². The van der Waals surface area contributed by atoms with Gasteiger partial charge >= 0.3 is 6.03 Å². The fourth-order valence-corrected chi connectivity index (χ4v) is 5.67. The van der Waals surface area contributed by atoms with Gasteiger partial charge in [0.15, 0.2) is 0 Å². The molecule has 3 heterocycles. The molecule has 5 rings (SSSR count). The molecule has 0 bridgehead atoms. The van der Waals surface area contributed by atoms with Crippen LogP contribution in [0.2, 0.25) is 0 Å². The molecule has 33 heavy (non-hydrogen) atoms. The van der Waals surface area contributed by atoms with E-state index in [1.54, 1.807) is 23.1 Å². The van der Waals surface area contributed by atoms with Crippen LogP contribution >= 0.6 is 15.9 Å². The zero-order valence-electron chi connectivity index (χ0n) is 18.9. The Morgan fingerprint density at radius 1 is 1.21 bits per heavy atom. The minimum Gasteiger partial charge on any atom is -0.508 e. The van der Waals surface area contributed by atoms with Gasteiger partial charge in [-0.3, -0.25) is 14.6 Å². The number of carbonyl (C=O) groups is 2. The minimum absolute atomic E-state index is 0.128. The molecule has 0 saturated carbocycles. The third kappa shape index (κ3) is 3.27. The molecule has 172 valence electrons. The van der Waals surface area contributed by atoms with E-state index in [1.165, 1.54) is 4.90 Å². The van der Waals surface area contributed by atoms with Gasteiger partial charge < -0.3 is 15.0 Å².